The van der Waals surface area contributed by atoms with Crippen LogP contribution < -0.4 is 0 Å². The quantitative estimate of drug-likeness (QED) is 0.402. The van der Waals surface area contributed by atoms with Gasteiger partial charge in [-0.3, -0.25) is 0 Å². The van der Waals surface area contributed by atoms with Crippen molar-refractivity contribution in [3.63, 3.8) is 0 Å². The molecule has 0 radical (unpaired) electrons. The third-order valence-electron chi connectivity index (χ3n) is 2.70. The molecule has 0 heterocycles. The molecular weight excluding hydrogens is 84.1 g/mol. The fourth-order valence-electron chi connectivity index (χ4n) is 1.58. The second-order valence-corrected chi connectivity index (χ2v) is 2.90. The maximum Gasteiger partial charge on any atom is -0.00243 e. The van der Waals surface area contributed by atoms with Gasteiger partial charge in [0.25, 0.3) is 0 Å². The monoisotopic (exact) mass is 94.1 g/mol. The molecule has 2 aliphatic rings. The molecule has 0 aromatic rings. The van der Waals surface area contributed by atoms with E-state index in [1.54, 1.807) is 0 Å². The van der Waals surface area contributed by atoms with Crippen molar-refractivity contribution in [2.75, 3.05) is 0 Å². The van der Waals surface area contributed by atoms with Crippen molar-refractivity contribution in [2.45, 2.75) is 19.8 Å². The van der Waals surface area contributed by atoms with Crippen LogP contribution in [0.1, 0.15) is 19.8 Å². The molecule has 0 nitrogen and oxygen atoms in total. The van der Waals surface area contributed by atoms with E-state index >= 15 is 0 Å². The lowest BCUT2D eigenvalue weighted by molar-refractivity contribution is 0.774. The standard InChI is InChI=1S/C7H10/c1-5-6(2)7(5)3-4-7/h6H,1,3-4H2,2H3. The minimum Gasteiger partial charge on any atom is -0.0990 e. The minimum absolute atomic E-state index is 0.722. The van der Waals surface area contributed by atoms with E-state index in [1.165, 1.54) is 18.4 Å². The first-order valence-corrected chi connectivity index (χ1v) is 2.97. The van der Waals surface area contributed by atoms with Gasteiger partial charge in [-0.1, -0.05) is 19.1 Å². The van der Waals surface area contributed by atoms with Crippen molar-refractivity contribution < 1.29 is 0 Å². The number of allylic oxidation sites excluding steroid dienone is 1. The van der Waals surface area contributed by atoms with Crippen molar-refractivity contribution in [3.05, 3.63) is 12.2 Å². The van der Waals surface area contributed by atoms with E-state index in [0.29, 0.717) is 0 Å². The van der Waals surface area contributed by atoms with Crippen LogP contribution in [0.15, 0.2) is 12.2 Å². The highest BCUT2D eigenvalue weighted by Crippen LogP contribution is 2.73. The van der Waals surface area contributed by atoms with E-state index in [4.69, 9.17) is 0 Å². The topological polar surface area (TPSA) is 0 Å². The molecule has 0 bridgehead atoms. The zero-order chi connectivity index (χ0) is 5.07. The van der Waals surface area contributed by atoms with Crippen molar-refractivity contribution in [3.8, 4) is 0 Å². The van der Waals surface area contributed by atoms with Gasteiger partial charge in [-0.15, -0.1) is 0 Å². The molecule has 1 atom stereocenters. The largest absolute Gasteiger partial charge is 0.0990 e. The zero-order valence-corrected chi connectivity index (χ0v) is 4.70. The molecule has 1 unspecified atom stereocenters. The molecular formula is C7H10. The van der Waals surface area contributed by atoms with Crippen LogP contribution in [0, 0.1) is 11.3 Å². The lowest BCUT2D eigenvalue weighted by Crippen LogP contribution is -1.65. The fraction of sp³-hybridized carbons (Fsp3) is 0.714. The number of rotatable bonds is 0. The van der Waals surface area contributed by atoms with E-state index in [-0.39, 0.29) is 0 Å². The van der Waals surface area contributed by atoms with Gasteiger partial charge in [0.2, 0.25) is 0 Å². The Morgan fingerprint density at radius 2 is 2.14 bits per heavy atom. The van der Waals surface area contributed by atoms with E-state index in [9.17, 15) is 0 Å². The summed E-state index contributed by atoms with van der Waals surface area (Å²) in [6.07, 6.45) is 2.88. The van der Waals surface area contributed by atoms with Crippen LogP contribution >= 0.6 is 0 Å². The Hall–Kier alpha value is -0.260. The van der Waals surface area contributed by atoms with Crippen LogP contribution in [-0.4, -0.2) is 0 Å². The number of hydrogen-bond donors (Lipinski definition) is 0. The molecule has 0 saturated heterocycles. The lowest BCUT2D eigenvalue weighted by atomic mass is 10.3. The van der Waals surface area contributed by atoms with E-state index in [0.717, 1.165) is 11.3 Å². The van der Waals surface area contributed by atoms with Gasteiger partial charge in [-0.25, -0.2) is 0 Å². The second-order valence-electron chi connectivity index (χ2n) is 2.90. The molecule has 0 aromatic heterocycles. The van der Waals surface area contributed by atoms with E-state index in [2.05, 4.69) is 13.5 Å². The van der Waals surface area contributed by atoms with Gasteiger partial charge in [-0.2, -0.15) is 0 Å². The molecule has 2 aliphatic carbocycles. The van der Waals surface area contributed by atoms with Gasteiger partial charge in [0.05, 0.1) is 0 Å². The average Bonchev–Trinajstić information content (AvgIpc) is 2.47. The summed E-state index contributed by atoms with van der Waals surface area (Å²) in [5.74, 6) is 0.882. The highest BCUT2D eigenvalue weighted by Gasteiger charge is 2.63. The minimum atomic E-state index is 0.722. The molecule has 0 heteroatoms. The molecule has 0 amide bonds. The summed E-state index contributed by atoms with van der Waals surface area (Å²) in [4.78, 5) is 0. The predicted molar refractivity (Wildman–Crippen MR) is 30.0 cm³/mol. The van der Waals surface area contributed by atoms with Crippen molar-refractivity contribution in [1.82, 2.24) is 0 Å². The summed E-state index contributed by atoms with van der Waals surface area (Å²) in [7, 11) is 0. The summed E-state index contributed by atoms with van der Waals surface area (Å²) in [5.41, 5.74) is 2.24. The Labute approximate surface area is 44.2 Å². The first-order chi connectivity index (χ1) is 3.27. The van der Waals surface area contributed by atoms with E-state index < -0.39 is 0 Å². The summed E-state index contributed by atoms with van der Waals surface area (Å²) >= 11 is 0. The third-order valence-corrected chi connectivity index (χ3v) is 2.70. The van der Waals surface area contributed by atoms with Crippen molar-refractivity contribution in [2.24, 2.45) is 11.3 Å². The summed E-state index contributed by atoms with van der Waals surface area (Å²) in [6, 6.07) is 0. The lowest BCUT2D eigenvalue weighted by Gasteiger charge is -1.70. The van der Waals surface area contributed by atoms with Crippen LogP contribution in [0.25, 0.3) is 0 Å². The Kier molecular flexibility index (Phi) is 0.362. The Balaban J connectivity index is 2.31. The smallest absolute Gasteiger partial charge is 0.00243 e. The Bertz CT molecular complexity index is 129. The average molecular weight is 94.2 g/mol. The molecule has 0 N–H and O–H groups in total. The predicted octanol–water partition coefficient (Wildman–Crippen LogP) is 1.97. The highest BCUT2D eigenvalue weighted by atomic mass is 14.7. The van der Waals surface area contributed by atoms with Gasteiger partial charge in [0, 0.05) is 0 Å². The molecule has 1 spiro atoms. The molecule has 2 rings (SSSR count). The summed E-state index contributed by atoms with van der Waals surface area (Å²) in [5, 5.41) is 0. The van der Waals surface area contributed by atoms with Crippen molar-refractivity contribution in [1.29, 1.82) is 0 Å². The fourth-order valence-corrected chi connectivity index (χ4v) is 1.58. The molecule has 0 aromatic carbocycles. The molecule has 7 heavy (non-hydrogen) atoms. The maximum atomic E-state index is 3.96. The van der Waals surface area contributed by atoms with Crippen LogP contribution in [0.3, 0.4) is 0 Å². The summed E-state index contributed by atoms with van der Waals surface area (Å²) in [6.45, 7) is 6.25. The molecule has 0 aliphatic heterocycles. The van der Waals surface area contributed by atoms with Crippen LogP contribution in [0.4, 0.5) is 0 Å². The van der Waals surface area contributed by atoms with Crippen LogP contribution in [-0.2, 0) is 0 Å². The molecule has 2 saturated carbocycles. The zero-order valence-electron chi connectivity index (χ0n) is 4.70. The summed E-state index contributed by atoms with van der Waals surface area (Å²) < 4.78 is 0. The number of hydrogen-bond acceptors (Lipinski definition) is 0. The Morgan fingerprint density at radius 1 is 1.71 bits per heavy atom. The SMILES string of the molecule is C=C1C(C)C12CC2. The van der Waals surface area contributed by atoms with Gasteiger partial charge in [0.1, 0.15) is 0 Å². The normalized spacial score (nSPS) is 41.9. The van der Waals surface area contributed by atoms with Gasteiger partial charge < -0.3 is 0 Å². The van der Waals surface area contributed by atoms with Crippen LogP contribution in [0.2, 0.25) is 0 Å². The second kappa shape index (κ2) is 0.683. The third kappa shape index (κ3) is 0.229. The molecule has 38 valence electrons. The molecule has 2 fully saturated rings. The van der Waals surface area contributed by atoms with Crippen molar-refractivity contribution >= 4 is 0 Å². The van der Waals surface area contributed by atoms with E-state index in [1.807, 2.05) is 0 Å². The van der Waals surface area contributed by atoms with Gasteiger partial charge in [-0.05, 0) is 24.2 Å². The highest BCUT2D eigenvalue weighted by molar-refractivity contribution is 5.40. The Morgan fingerprint density at radius 3 is 2.14 bits per heavy atom. The first-order valence-electron chi connectivity index (χ1n) is 2.97. The van der Waals surface area contributed by atoms with Crippen LogP contribution in [0.5, 0.6) is 0 Å². The van der Waals surface area contributed by atoms with Gasteiger partial charge in [0.15, 0.2) is 0 Å². The first kappa shape index (κ1) is 3.71. The van der Waals surface area contributed by atoms with Gasteiger partial charge >= 0.3 is 0 Å². The maximum absolute atomic E-state index is 3.96.